The minimum atomic E-state index is -0.545. The number of nitrogens with one attached hydrogen (secondary N) is 1. The predicted octanol–water partition coefficient (Wildman–Crippen LogP) is 10.1. The smallest absolute Gasteiger partial charge is 0.407 e. The lowest BCUT2D eigenvalue weighted by molar-refractivity contribution is 0.0434. The summed E-state index contributed by atoms with van der Waals surface area (Å²) in [5.41, 5.74) is 10.4. The highest BCUT2D eigenvalue weighted by Gasteiger charge is 2.51. The molecule has 3 N–H and O–H groups in total. The van der Waals surface area contributed by atoms with Crippen LogP contribution in [0.4, 0.5) is 16.7 Å². The number of benzene rings is 2. The lowest BCUT2D eigenvalue weighted by Gasteiger charge is -2.43. The van der Waals surface area contributed by atoms with Gasteiger partial charge in [-0.25, -0.2) is 34.4 Å². The van der Waals surface area contributed by atoms with E-state index in [1.54, 1.807) is 34.5 Å². The van der Waals surface area contributed by atoms with Crippen molar-refractivity contribution in [3.63, 3.8) is 0 Å². The van der Waals surface area contributed by atoms with Gasteiger partial charge in [0.1, 0.15) is 18.3 Å². The Morgan fingerprint density at radius 1 is 0.718 bits per heavy atom. The third-order valence-electron chi connectivity index (χ3n) is 15.6. The molecule has 0 saturated carbocycles. The third kappa shape index (κ3) is 10.1. The number of nitrogens with two attached hydrogens (primary N) is 1. The van der Waals surface area contributed by atoms with Gasteiger partial charge in [0, 0.05) is 118 Å². The number of nitrogens with zero attached hydrogens (tertiary/aromatic N) is 13. The van der Waals surface area contributed by atoms with Crippen molar-refractivity contribution >= 4 is 90.5 Å². The summed E-state index contributed by atoms with van der Waals surface area (Å²) in [5, 5.41) is 9.54. The van der Waals surface area contributed by atoms with E-state index in [-0.39, 0.29) is 48.6 Å². The average Bonchev–Trinajstić information content (AvgIpc) is 4.42. The minimum Gasteiger partial charge on any atom is -0.444 e. The number of alkyl carbamates (subject to hydrolysis) is 1. The number of rotatable bonds is 8. The summed E-state index contributed by atoms with van der Waals surface area (Å²) in [6, 6.07) is 16.3. The van der Waals surface area contributed by atoms with E-state index in [0.29, 0.717) is 6.61 Å². The summed E-state index contributed by atoms with van der Waals surface area (Å²) in [7, 11) is 0. The SMILES string of the molecule is C.C[C@@H]1OCC2(CCN(c3ncc(Sc4ccnc5c(-n6cncn6)cccc45)c4nccn34)CC2)[C@@H]1N.C[C@@H]1OCC2(CCN(c3ncc(Sc4ccnc5c(Br)cccc45)c4nccn34)CC2)[C@@H]1NC(=O)OC(C)(C)C. The molecule has 4 saturated heterocycles. The van der Waals surface area contributed by atoms with Crippen molar-refractivity contribution in [3.05, 3.63) is 115 Å². The Labute approximate surface area is 469 Å². The summed E-state index contributed by atoms with van der Waals surface area (Å²) < 4.78 is 24.4. The zero-order valence-electron chi connectivity index (χ0n) is 43.5. The van der Waals surface area contributed by atoms with E-state index in [2.05, 4.69) is 79.0 Å². The third-order valence-corrected chi connectivity index (χ3v) is 18.4. The van der Waals surface area contributed by atoms with Gasteiger partial charge in [-0.2, -0.15) is 5.10 Å². The molecule has 4 aliphatic rings. The van der Waals surface area contributed by atoms with Crippen LogP contribution in [0.15, 0.2) is 135 Å². The number of fused-ring (bicyclic) bond motifs is 4. The van der Waals surface area contributed by atoms with Gasteiger partial charge in [0.05, 0.1) is 58.0 Å². The first-order valence-corrected chi connectivity index (χ1v) is 28.4. The molecule has 22 heteroatoms. The molecule has 7 aromatic heterocycles. The molecule has 13 rings (SSSR count). The van der Waals surface area contributed by atoms with E-state index in [1.165, 1.54) is 6.33 Å². The van der Waals surface area contributed by atoms with Gasteiger partial charge < -0.3 is 35.1 Å². The van der Waals surface area contributed by atoms with E-state index in [9.17, 15) is 4.79 Å². The fourth-order valence-corrected chi connectivity index (χ4v) is 13.9. The molecule has 4 fully saturated rings. The number of aromatic nitrogens is 11. The Morgan fingerprint density at radius 3 is 1.83 bits per heavy atom. The maximum absolute atomic E-state index is 12.6. The van der Waals surface area contributed by atoms with Crippen molar-refractivity contribution in [2.45, 2.75) is 117 Å². The van der Waals surface area contributed by atoms with Crippen molar-refractivity contribution in [3.8, 4) is 5.69 Å². The molecule has 0 bridgehead atoms. The number of amides is 1. The molecule has 2 aromatic carbocycles. The lowest BCUT2D eigenvalue weighted by Crippen LogP contribution is -2.55. The van der Waals surface area contributed by atoms with Crippen LogP contribution in [0, 0.1) is 10.8 Å². The highest BCUT2D eigenvalue weighted by atomic mass is 79.9. The summed E-state index contributed by atoms with van der Waals surface area (Å²) in [6.07, 6.45) is 21.8. The molecule has 2 spiro atoms. The molecule has 78 heavy (non-hydrogen) atoms. The number of piperidine rings is 2. The largest absolute Gasteiger partial charge is 0.444 e. The van der Waals surface area contributed by atoms with E-state index in [0.717, 1.165) is 133 Å². The van der Waals surface area contributed by atoms with Gasteiger partial charge in [-0.05, 0) is 100 Å². The molecular weight excluding hydrogens is 1090 g/mol. The van der Waals surface area contributed by atoms with Crippen LogP contribution in [0.25, 0.3) is 38.8 Å². The molecule has 0 unspecified atom stereocenters. The van der Waals surface area contributed by atoms with Crippen LogP contribution in [0.5, 0.6) is 0 Å². The van der Waals surface area contributed by atoms with Gasteiger partial charge in [-0.3, -0.25) is 18.8 Å². The first-order valence-electron chi connectivity index (χ1n) is 26.0. The monoisotopic (exact) mass is 1150 g/mol. The molecular formula is C56H64BrN15O4S2. The average molecular weight is 1160 g/mol. The second kappa shape index (κ2) is 21.7. The fourth-order valence-electron chi connectivity index (χ4n) is 11.5. The highest BCUT2D eigenvalue weighted by Crippen LogP contribution is 2.45. The summed E-state index contributed by atoms with van der Waals surface area (Å²) in [6.45, 7) is 14.5. The standard InChI is InChI=1S/C29H33BrN6O3S.C26H27N9OS.CH4/c1-18-24(34-27(37)39-28(2,3)4)29(17-38-18)9-13-35(14-10-29)26-33-16-22(25-32-12-15-36(25)26)40-21-8-11-31-23-19(21)6-5-7-20(23)30;1-17-23(27)26(14-36-17)6-10-33(11-7-26)25-31-13-21(24-30-9-12-34(24)25)37-20-5-8-29-22-18(20)3-2-4-19(22)35-16-28-15-32-35;/h5-8,11-12,15-16,18,24H,9-10,13-14,17H2,1-4H3,(H,34,37);2-5,8-9,12-13,15-17,23H,6-7,10-11,14,27H2,1H3;1H4/t18-,24+;17-,23+;/m00./s1. The number of imidazole rings is 2. The van der Waals surface area contributed by atoms with Crippen molar-refractivity contribution in [1.29, 1.82) is 0 Å². The normalized spacial score (nSPS) is 20.9. The number of carbonyl (C=O) groups excluding carboxylic acids is 1. The van der Waals surface area contributed by atoms with Crippen molar-refractivity contribution in [2.24, 2.45) is 16.6 Å². The molecule has 9 aromatic rings. The number of hydrogen-bond donors (Lipinski definition) is 2. The number of para-hydroxylation sites is 2. The van der Waals surface area contributed by atoms with Crippen LogP contribution >= 0.6 is 39.5 Å². The predicted molar refractivity (Wildman–Crippen MR) is 307 cm³/mol. The van der Waals surface area contributed by atoms with E-state index < -0.39 is 5.60 Å². The quantitative estimate of drug-likeness (QED) is 0.145. The minimum absolute atomic E-state index is 0. The molecule has 4 aliphatic heterocycles. The Hall–Kier alpha value is -6.43. The van der Waals surface area contributed by atoms with Crippen molar-refractivity contribution < 1.29 is 19.0 Å². The first kappa shape index (κ1) is 53.6. The summed E-state index contributed by atoms with van der Waals surface area (Å²) >= 11 is 6.91. The molecule has 11 heterocycles. The van der Waals surface area contributed by atoms with Crippen molar-refractivity contribution in [2.75, 3.05) is 49.2 Å². The molecule has 4 atom stereocenters. The maximum Gasteiger partial charge on any atom is 0.407 e. The Morgan fingerprint density at radius 2 is 1.27 bits per heavy atom. The molecule has 406 valence electrons. The number of hydrogen-bond acceptors (Lipinski definition) is 17. The Balaban J connectivity index is 0.000000164. The van der Waals surface area contributed by atoms with Gasteiger partial charge in [0.25, 0.3) is 0 Å². The maximum atomic E-state index is 12.6. The Bertz CT molecular complexity index is 3610. The summed E-state index contributed by atoms with van der Waals surface area (Å²) in [4.78, 5) is 53.9. The Kier molecular flexibility index (Phi) is 14.9. The topological polar surface area (TPSA) is 206 Å². The van der Waals surface area contributed by atoms with E-state index >= 15 is 0 Å². The number of pyridine rings is 2. The number of ether oxygens (including phenoxy) is 3. The fraction of sp³-hybridized carbons (Fsp3) is 0.411. The van der Waals surface area contributed by atoms with Gasteiger partial charge in [0.2, 0.25) is 11.9 Å². The molecule has 0 aliphatic carbocycles. The number of halogens is 1. The van der Waals surface area contributed by atoms with Crippen molar-refractivity contribution in [1.82, 2.24) is 58.8 Å². The van der Waals surface area contributed by atoms with Crippen LogP contribution < -0.4 is 20.9 Å². The van der Waals surface area contributed by atoms with E-state index in [4.69, 9.17) is 39.9 Å². The van der Waals surface area contributed by atoms with Crippen LogP contribution in [-0.4, -0.2) is 129 Å². The molecule has 0 radical (unpaired) electrons. The molecule has 19 nitrogen and oxygen atoms in total. The van der Waals surface area contributed by atoms with Gasteiger partial charge in [-0.15, -0.1) is 0 Å². The second-order valence-corrected chi connectivity index (χ2v) is 24.5. The van der Waals surface area contributed by atoms with Gasteiger partial charge in [0.15, 0.2) is 11.3 Å². The number of anilines is 2. The first-order chi connectivity index (χ1) is 37.3. The zero-order valence-corrected chi connectivity index (χ0v) is 46.7. The summed E-state index contributed by atoms with van der Waals surface area (Å²) in [5.74, 6) is 1.79. The second-order valence-electron chi connectivity index (χ2n) is 21.4. The zero-order chi connectivity index (χ0) is 53.1. The van der Waals surface area contributed by atoms with Gasteiger partial charge in [-0.1, -0.05) is 55.2 Å². The highest BCUT2D eigenvalue weighted by molar-refractivity contribution is 9.10. The van der Waals surface area contributed by atoms with Crippen LogP contribution in [0.1, 0.15) is 67.7 Å². The van der Waals surface area contributed by atoms with Crippen LogP contribution in [0.2, 0.25) is 0 Å². The van der Waals surface area contributed by atoms with E-state index in [1.807, 2.05) is 114 Å². The van der Waals surface area contributed by atoms with Crippen LogP contribution in [-0.2, 0) is 14.2 Å². The van der Waals surface area contributed by atoms with Gasteiger partial charge >= 0.3 is 6.09 Å². The van der Waals surface area contributed by atoms with Crippen LogP contribution in [0.3, 0.4) is 0 Å². The lowest BCUT2D eigenvalue weighted by atomic mass is 9.73. The molecule has 1 amide bonds. The number of carbonyl (C=O) groups is 1.